The van der Waals surface area contributed by atoms with Gasteiger partial charge in [-0.3, -0.25) is 0 Å². The molecule has 0 unspecified atom stereocenters. The normalized spacial score (nSPS) is 9.24. The van der Waals surface area contributed by atoms with Crippen LogP contribution in [0.15, 0.2) is 0 Å². The fourth-order valence-electron chi connectivity index (χ4n) is 1.76. The van der Waals surface area contributed by atoms with Crippen LogP contribution in [0.3, 0.4) is 0 Å². The molecule has 0 bridgehead atoms. The van der Waals surface area contributed by atoms with E-state index in [9.17, 15) is 9.90 Å². The fourth-order valence-corrected chi connectivity index (χ4v) is 1.76. The van der Waals surface area contributed by atoms with Gasteiger partial charge in [-0.1, -0.05) is 64.7 Å². The number of hydrogen-bond acceptors (Lipinski definition) is 2. The molecular weight excluding hydrogens is 243 g/mol. The second-order valence-corrected chi connectivity index (χ2v) is 4.30. The quantitative estimate of drug-likeness (QED) is 0.365. The second-order valence-electron chi connectivity index (χ2n) is 4.30. The third-order valence-corrected chi connectivity index (χ3v) is 2.73. The Labute approximate surface area is 148 Å². The van der Waals surface area contributed by atoms with Crippen LogP contribution < -0.4 is 56.5 Å². The molecule has 0 atom stereocenters. The first-order valence-electron chi connectivity index (χ1n) is 6.47. The molecule has 0 aliphatic heterocycles. The van der Waals surface area contributed by atoms with Crippen molar-refractivity contribution < 1.29 is 66.8 Å². The van der Waals surface area contributed by atoms with E-state index in [4.69, 9.17) is 0 Å². The van der Waals surface area contributed by atoms with E-state index in [1.54, 1.807) is 0 Å². The van der Waals surface area contributed by atoms with Crippen LogP contribution in [0, 0.1) is 0 Å². The molecule has 0 heterocycles. The zero-order valence-corrected chi connectivity index (χ0v) is 14.7. The first kappa shape index (κ1) is 23.2. The Balaban J connectivity index is -0.000000980. The topological polar surface area (TPSA) is 71.6 Å². The summed E-state index contributed by atoms with van der Waals surface area (Å²) in [5, 5.41) is 10.1. The number of rotatable bonds is 11. The van der Waals surface area contributed by atoms with Gasteiger partial charge < -0.3 is 15.4 Å². The molecule has 0 saturated carbocycles. The summed E-state index contributed by atoms with van der Waals surface area (Å²) >= 11 is 0. The van der Waals surface area contributed by atoms with Gasteiger partial charge in [-0.05, 0) is 12.8 Å². The van der Waals surface area contributed by atoms with Gasteiger partial charge in [0.1, 0.15) is 0 Å². The zero-order chi connectivity index (χ0) is 11.4. The van der Waals surface area contributed by atoms with Crippen LogP contribution in [0.25, 0.3) is 0 Å². The van der Waals surface area contributed by atoms with Crippen LogP contribution in [0.5, 0.6) is 0 Å². The molecule has 0 aromatic carbocycles. The van der Waals surface area contributed by atoms with Gasteiger partial charge in [0.25, 0.3) is 0 Å². The Hall–Kier alpha value is 1.07. The predicted octanol–water partition coefficient (Wildman–Crippen LogP) is -0.773. The summed E-state index contributed by atoms with van der Waals surface area (Å²) in [6, 6.07) is 0. The number of unbranched alkanes of at least 4 members (excludes halogenated alkanes) is 9. The van der Waals surface area contributed by atoms with E-state index in [0.717, 1.165) is 12.8 Å². The third kappa shape index (κ3) is 22.7. The van der Waals surface area contributed by atoms with E-state index >= 15 is 0 Å². The molecule has 17 heavy (non-hydrogen) atoms. The molecular formula is C13H27KO3. The molecule has 3 nitrogen and oxygen atoms in total. The number of carbonyl (C=O) groups is 1. The average Bonchev–Trinajstić information content (AvgIpc) is 2.20. The molecule has 4 heteroatoms. The maximum absolute atomic E-state index is 10.1. The standard InChI is InChI=1S/C13H26O2.K.H2O/c1-2-3-4-5-6-7-8-9-10-11-12-13(14)15;;/h2-12H2,1H3,(H,14,15);;1H2/q;+1;/p-1. The van der Waals surface area contributed by atoms with Gasteiger partial charge >= 0.3 is 51.4 Å². The Morgan fingerprint density at radius 2 is 1.18 bits per heavy atom. The van der Waals surface area contributed by atoms with Crippen molar-refractivity contribution in [3.63, 3.8) is 0 Å². The first-order chi connectivity index (χ1) is 7.27. The smallest absolute Gasteiger partial charge is 0.550 e. The molecule has 0 aliphatic carbocycles. The molecule has 0 rings (SSSR count). The minimum absolute atomic E-state index is 0. The van der Waals surface area contributed by atoms with Crippen molar-refractivity contribution in [2.24, 2.45) is 0 Å². The van der Waals surface area contributed by atoms with Crippen LogP contribution in [-0.4, -0.2) is 11.4 Å². The second kappa shape index (κ2) is 19.4. The minimum Gasteiger partial charge on any atom is -0.550 e. The van der Waals surface area contributed by atoms with Crippen LogP contribution in [-0.2, 0) is 4.79 Å². The average molecular weight is 270 g/mol. The molecule has 2 N–H and O–H groups in total. The van der Waals surface area contributed by atoms with Gasteiger partial charge in [-0.2, -0.15) is 0 Å². The molecule has 0 saturated heterocycles. The molecule has 0 amide bonds. The SMILES string of the molecule is CCCCCCCCCCCCC(=O)[O-].O.[K+]. The van der Waals surface area contributed by atoms with E-state index in [-0.39, 0.29) is 63.3 Å². The summed E-state index contributed by atoms with van der Waals surface area (Å²) in [6.45, 7) is 2.23. The van der Waals surface area contributed by atoms with Crippen LogP contribution >= 0.6 is 0 Å². The fraction of sp³-hybridized carbons (Fsp3) is 0.923. The summed E-state index contributed by atoms with van der Waals surface area (Å²) in [5.74, 6) is -0.908. The number of aliphatic carboxylic acids is 1. The van der Waals surface area contributed by atoms with Gasteiger partial charge in [-0.25, -0.2) is 0 Å². The summed E-state index contributed by atoms with van der Waals surface area (Å²) in [7, 11) is 0. The van der Waals surface area contributed by atoms with Crippen molar-refractivity contribution in [3.8, 4) is 0 Å². The monoisotopic (exact) mass is 270 g/mol. The van der Waals surface area contributed by atoms with Crippen molar-refractivity contribution in [2.45, 2.75) is 77.6 Å². The summed E-state index contributed by atoms with van der Waals surface area (Å²) < 4.78 is 0. The van der Waals surface area contributed by atoms with Crippen LogP contribution in [0.2, 0.25) is 0 Å². The van der Waals surface area contributed by atoms with E-state index in [0.29, 0.717) is 0 Å². The van der Waals surface area contributed by atoms with Crippen molar-refractivity contribution in [2.75, 3.05) is 0 Å². The van der Waals surface area contributed by atoms with Crippen molar-refractivity contribution in [1.82, 2.24) is 0 Å². The van der Waals surface area contributed by atoms with E-state index in [1.807, 2.05) is 0 Å². The molecule has 0 aliphatic rings. The molecule has 0 aromatic heterocycles. The van der Waals surface area contributed by atoms with E-state index in [2.05, 4.69) is 6.92 Å². The molecule has 0 spiro atoms. The Morgan fingerprint density at radius 3 is 1.53 bits per heavy atom. The maximum atomic E-state index is 10.1. The van der Waals surface area contributed by atoms with Crippen molar-refractivity contribution in [1.29, 1.82) is 0 Å². The van der Waals surface area contributed by atoms with Crippen LogP contribution in [0.4, 0.5) is 0 Å². The van der Waals surface area contributed by atoms with Crippen molar-refractivity contribution in [3.05, 3.63) is 0 Å². The maximum Gasteiger partial charge on any atom is 1.00 e. The van der Waals surface area contributed by atoms with Gasteiger partial charge in [0.05, 0.1) is 0 Å². The van der Waals surface area contributed by atoms with E-state index in [1.165, 1.54) is 51.4 Å². The van der Waals surface area contributed by atoms with Gasteiger partial charge in [0, 0.05) is 5.97 Å². The number of hydrogen-bond donors (Lipinski definition) is 0. The van der Waals surface area contributed by atoms with Gasteiger partial charge in [0.15, 0.2) is 0 Å². The van der Waals surface area contributed by atoms with Gasteiger partial charge in [0.2, 0.25) is 0 Å². The largest absolute Gasteiger partial charge is 1.00 e. The Kier molecular flexibility index (Phi) is 26.5. The first-order valence-corrected chi connectivity index (χ1v) is 6.47. The third-order valence-electron chi connectivity index (χ3n) is 2.73. The molecule has 0 fully saturated rings. The summed E-state index contributed by atoms with van der Waals surface area (Å²) in [6.07, 6.45) is 12.6. The zero-order valence-electron chi connectivity index (χ0n) is 11.6. The Morgan fingerprint density at radius 1 is 0.824 bits per heavy atom. The van der Waals surface area contributed by atoms with Crippen molar-refractivity contribution >= 4 is 5.97 Å². The van der Waals surface area contributed by atoms with Gasteiger partial charge in [-0.15, -0.1) is 0 Å². The van der Waals surface area contributed by atoms with E-state index < -0.39 is 5.97 Å². The summed E-state index contributed by atoms with van der Waals surface area (Å²) in [4.78, 5) is 10.1. The minimum atomic E-state index is -0.908. The summed E-state index contributed by atoms with van der Waals surface area (Å²) in [5.41, 5.74) is 0. The Bertz CT molecular complexity index is 152. The van der Waals surface area contributed by atoms with Crippen LogP contribution in [0.1, 0.15) is 77.6 Å². The number of carboxylic acid groups (broad SMARTS) is 1. The molecule has 0 aromatic rings. The molecule has 0 radical (unpaired) electrons. The number of carboxylic acids is 1. The predicted molar refractivity (Wildman–Crippen MR) is 65.1 cm³/mol. The molecule has 98 valence electrons. The number of carbonyl (C=O) groups excluding carboxylic acids is 1.